The fraction of sp³-hybridized carbons (Fsp3) is 0.368. The maximum atomic E-state index is 14.4. The van der Waals surface area contributed by atoms with E-state index < -0.39 is 64.7 Å². The van der Waals surface area contributed by atoms with Crippen molar-refractivity contribution in [2.24, 2.45) is 0 Å². The van der Waals surface area contributed by atoms with Gasteiger partial charge < -0.3 is 5.32 Å². The maximum Gasteiger partial charge on any atom is 0.418 e. The first kappa shape index (κ1) is 24.3. The van der Waals surface area contributed by atoms with Crippen LogP contribution in [0.25, 0.3) is 0 Å². The number of rotatable bonds is 5. The molecule has 1 N–H and O–H groups in total. The SMILES string of the molecule is C[C@H]1[C@H](F)C[C@@H](C(=O)NCc2cc(Cl)ncc2C(F)(F)F)N1S(=O)(=O)c1ccc(F)cc1. The Morgan fingerprint density at radius 3 is 2.50 bits per heavy atom. The fourth-order valence-electron chi connectivity index (χ4n) is 3.46. The number of carbonyl (C=O) groups is 1. The van der Waals surface area contributed by atoms with E-state index in [1.165, 1.54) is 6.92 Å². The number of hydrogen-bond acceptors (Lipinski definition) is 4. The van der Waals surface area contributed by atoms with Gasteiger partial charge in [-0.1, -0.05) is 11.6 Å². The Bertz CT molecular complexity index is 1110. The molecule has 2 aromatic rings. The van der Waals surface area contributed by atoms with E-state index in [2.05, 4.69) is 10.3 Å². The zero-order valence-corrected chi connectivity index (χ0v) is 18.0. The summed E-state index contributed by atoms with van der Waals surface area (Å²) in [6, 6.07) is 1.96. The minimum absolute atomic E-state index is 0.235. The van der Waals surface area contributed by atoms with Crippen molar-refractivity contribution in [3.05, 3.63) is 58.6 Å². The van der Waals surface area contributed by atoms with Gasteiger partial charge in [0.05, 0.1) is 16.5 Å². The number of nitrogens with zero attached hydrogens (tertiary/aromatic N) is 2. The van der Waals surface area contributed by atoms with Crippen LogP contribution < -0.4 is 5.32 Å². The lowest BCUT2D eigenvalue weighted by Crippen LogP contribution is -2.48. The molecule has 3 atom stereocenters. The summed E-state index contributed by atoms with van der Waals surface area (Å²) in [6.45, 7) is 0.631. The Balaban J connectivity index is 1.86. The lowest BCUT2D eigenvalue weighted by Gasteiger charge is -2.27. The summed E-state index contributed by atoms with van der Waals surface area (Å²) in [5, 5.41) is 1.99. The van der Waals surface area contributed by atoms with Gasteiger partial charge in [-0.25, -0.2) is 22.2 Å². The molecule has 0 bridgehead atoms. The molecule has 1 aromatic heterocycles. The molecular weight excluding hydrogens is 481 g/mol. The molecule has 6 nitrogen and oxygen atoms in total. The van der Waals surface area contributed by atoms with Crippen LogP contribution in [0, 0.1) is 5.82 Å². The van der Waals surface area contributed by atoms with Crippen LogP contribution in [-0.4, -0.2) is 41.9 Å². The van der Waals surface area contributed by atoms with Gasteiger partial charge in [0.15, 0.2) is 0 Å². The smallest absolute Gasteiger partial charge is 0.351 e. The molecule has 13 heteroatoms. The van der Waals surface area contributed by atoms with Crippen molar-refractivity contribution < 1.29 is 35.2 Å². The standard InChI is InChI=1S/C19H17ClF5N3O3S/c1-10-15(22)7-16(28(10)32(30,31)13-4-2-12(21)3-5-13)18(29)27-8-11-6-17(20)26-9-14(11)19(23,24)25/h2-6,9-10,15-16H,7-8H2,1H3,(H,27,29)/t10-,15+,16-/m0/s1. The number of carbonyl (C=O) groups excluding carboxylic acids is 1. The Hall–Kier alpha value is -2.31. The molecule has 1 fully saturated rings. The van der Waals surface area contributed by atoms with Crippen LogP contribution in [0.3, 0.4) is 0 Å². The molecule has 0 unspecified atom stereocenters. The van der Waals surface area contributed by atoms with E-state index in [1.54, 1.807) is 0 Å². The molecule has 0 radical (unpaired) electrons. The van der Waals surface area contributed by atoms with Crippen LogP contribution in [0.2, 0.25) is 5.15 Å². The Kier molecular flexibility index (Phi) is 6.78. The number of sulfonamides is 1. The number of amides is 1. The van der Waals surface area contributed by atoms with Crippen molar-refractivity contribution in [1.82, 2.24) is 14.6 Å². The molecule has 32 heavy (non-hydrogen) atoms. The van der Waals surface area contributed by atoms with Crippen LogP contribution in [-0.2, 0) is 27.5 Å². The molecule has 2 heterocycles. The lowest BCUT2D eigenvalue weighted by atomic mass is 10.1. The van der Waals surface area contributed by atoms with Gasteiger partial charge in [0.2, 0.25) is 15.9 Å². The summed E-state index contributed by atoms with van der Waals surface area (Å²) >= 11 is 5.65. The Morgan fingerprint density at radius 1 is 1.28 bits per heavy atom. The van der Waals surface area contributed by atoms with E-state index in [0.29, 0.717) is 10.5 Å². The summed E-state index contributed by atoms with van der Waals surface area (Å²) in [7, 11) is -4.40. The van der Waals surface area contributed by atoms with Gasteiger partial charge in [0, 0.05) is 19.2 Å². The summed E-state index contributed by atoms with van der Waals surface area (Å²) in [4.78, 5) is 15.8. The van der Waals surface area contributed by atoms with Crippen LogP contribution >= 0.6 is 11.6 Å². The molecule has 0 spiro atoms. The molecule has 1 aliphatic rings. The molecule has 0 saturated carbocycles. The van der Waals surface area contributed by atoms with E-state index >= 15 is 0 Å². The highest BCUT2D eigenvalue weighted by Crippen LogP contribution is 2.34. The minimum atomic E-state index is -4.76. The molecular formula is C19H17ClF5N3O3S. The van der Waals surface area contributed by atoms with E-state index in [0.717, 1.165) is 30.3 Å². The molecule has 1 aromatic carbocycles. The van der Waals surface area contributed by atoms with Crippen LogP contribution in [0.4, 0.5) is 22.0 Å². The van der Waals surface area contributed by atoms with Gasteiger partial charge in [0.25, 0.3) is 0 Å². The summed E-state index contributed by atoms with van der Waals surface area (Å²) in [5.74, 6) is -1.67. The van der Waals surface area contributed by atoms with Crippen molar-refractivity contribution in [2.75, 3.05) is 0 Å². The first-order valence-electron chi connectivity index (χ1n) is 9.25. The second-order valence-electron chi connectivity index (χ2n) is 7.18. The van der Waals surface area contributed by atoms with Crippen molar-refractivity contribution in [3.63, 3.8) is 0 Å². The number of hydrogen-bond donors (Lipinski definition) is 1. The van der Waals surface area contributed by atoms with Crippen LogP contribution in [0.5, 0.6) is 0 Å². The Labute approximate surface area is 185 Å². The van der Waals surface area contributed by atoms with Crippen molar-refractivity contribution >= 4 is 27.5 Å². The lowest BCUT2D eigenvalue weighted by molar-refractivity contribution is -0.138. The van der Waals surface area contributed by atoms with E-state index in [-0.39, 0.29) is 15.6 Å². The van der Waals surface area contributed by atoms with Gasteiger partial charge >= 0.3 is 6.18 Å². The summed E-state index contributed by atoms with van der Waals surface area (Å²) in [6.07, 6.45) is -6.43. The highest BCUT2D eigenvalue weighted by molar-refractivity contribution is 7.89. The monoisotopic (exact) mass is 497 g/mol. The third-order valence-corrected chi connectivity index (χ3v) is 7.30. The van der Waals surface area contributed by atoms with E-state index in [4.69, 9.17) is 11.6 Å². The first-order valence-corrected chi connectivity index (χ1v) is 11.1. The van der Waals surface area contributed by atoms with Crippen molar-refractivity contribution in [1.29, 1.82) is 0 Å². The maximum absolute atomic E-state index is 14.4. The average Bonchev–Trinajstić information content (AvgIpc) is 3.01. The van der Waals surface area contributed by atoms with E-state index in [9.17, 15) is 35.2 Å². The predicted octanol–water partition coefficient (Wildman–Crippen LogP) is 3.70. The number of pyridine rings is 1. The highest BCUT2D eigenvalue weighted by atomic mass is 35.5. The molecule has 3 rings (SSSR count). The molecule has 1 aliphatic heterocycles. The molecule has 174 valence electrons. The Morgan fingerprint density at radius 2 is 1.91 bits per heavy atom. The summed E-state index contributed by atoms with van der Waals surface area (Å²) < 4.78 is 93.8. The van der Waals surface area contributed by atoms with E-state index in [1.807, 2.05) is 0 Å². The van der Waals surface area contributed by atoms with Gasteiger partial charge in [0.1, 0.15) is 23.2 Å². The second kappa shape index (κ2) is 8.91. The normalized spacial score (nSPS) is 22.2. The zero-order chi connectivity index (χ0) is 23.8. The quantitative estimate of drug-likeness (QED) is 0.505. The minimum Gasteiger partial charge on any atom is -0.351 e. The van der Waals surface area contributed by atoms with Gasteiger partial charge in [-0.15, -0.1) is 0 Å². The molecule has 1 amide bonds. The largest absolute Gasteiger partial charge is 0.418 e. The predicted molar refractivity (Wildman–Crippen MR) is 104 cm³/mol. The van der Waals surface area contributed by atoms with Gasteiger partial charge in [-0.05, 0) is 42.8 Å². The second-order valence-corrected chi connectivity index (χ2v) is 9.41. The number of halogens is 6. The highest BCUT2D eigenvalue weighted by Gasteiger charge is 2.49. The number of benzene rings is 1. The number of aromatic nitrogens is 1. The summed E-state index contributed by atoms with van der Waals surface area (Å²) in [5.41, 5.74) is -1.51. The number of alkyl halides is 4. The molecule has 1 saturated heterocycles. The third-order valence-electron chi connectivity index (χ3n) is 5.09. The zero-order valence-electron chi connectivity index (χ0n) is 16.4. The third kappa shape index (κ3) is 4.86. The fourth-order valence-corrected chi connectivity index (χ4v) is 5.45. The van der Waals surface area contributed by atoms with Crippen LogP contribution in [0.15, 0.2) is 41.4 Å². The van der Waals surface area contributed by atoms with Crippen molar-refractivity contribution in [3.8, 4) is 0 Å². The molecule has 0 aliphatic carbocycles. The first-order chi connectivity index (χ1) is 14.8. The van der Waals surface area contributed by atoms with Gasteiger partial charge in [-0.3, -0.25) is 4.79 Å². The average molecular weight is 498 g/mol. The number of nitrogens with one attached hydrogen (secondary N) is 1. The van der Waals surface area contributed by atoms with Gasteiger partial charge in [-0.2, -0.15) is 17.5 Å². The van der Waals surface area contributed by atoms with Crippen molar-refractivity contribution in [2.45, 2.75) is 49.2 Å². The topological polar surface area (TPSA) is 79.4 Å². The van der Waals surface area contributed by atoms with Crippen LogP contribution in [0.1, 0.15) is 24.5 Å².